The zero-order valence-corrected chi connectivity index (χ0v) is 12.7. The van der Waals surface area contributed by atoms with E-state index in [0.29, 0.717) is 18.2 Å². The Morgan fingerprint density at radius 1 is 1.40 bits per heavy atom. The largest absolute Gasteiger partial charge is 0.396 e. The summed E-state index contributed by atoms with van der Waals surface area (Å²) < 4.78 is 0. The van der Waals surface area contributed by atoms with Crippen LogP contribution in [0.15, 0.2) is 18.3 Å². The van der Waals surface area contributed by atoms with Gasteiger partial charge in [-0.3, -0.25) is 0 Å². The minimum atomic E-state index is -0.207. The van der Waals surface area contributed by atoms with Crippen molar-refractivity contribution in [3.63, 3.8) is 0 Å². The molecule has 0 spiro atoms. The number of urea groups is 1. The van der Waals surface area contributed by atoms with E-state index in [1.807, 2.05) is 19.9 Å². The SMILES string of the molecule is CC(C)(CO)CCCNC(=O)NCc1ccc(Cl)nc1. The highest BCUT2D eigenvalue weighted by Crippen LogP contribution is 2.20. The number of hydrogen-bond acceptors (Lipinski definition) is 3. The lowest BCUT2D eigenvalue weighted by Crippen LogP contribution is -2.36. The van der Waals surface area contributed by atoms with E-state index in [-0.39, 0.29) is 18.1 Å². The first-order chi connectivity index (χ1) is 9.43. The van der Waals surface area contributed by atoms with Gasteiger partial charge in [-0.15, -0.1) is 0 Å². The fourth-order valence-corrected chi connectivity index (χ4v) is 1.72. The molecule has 20 heavy (non-hydrogen) atoms. The van der Waals surface area contributed by atoms with Crippen LogP contribution in [0.25, 0.3) is 0 Å². The summed E-state index contributed by atoms with van der Waals surface area (Å²) in [5, 5.41) is 15.1. The van der Waals surface area contributed by atoms with Crippen LogP contribution in [-0.4, -0.2) is 29.3 Å². The number of nitrogens with one attached hydrogen (secondary N) is 2. The first kappa shape index (κ1) is 16.7. The number of aromatic nitrogens is 1. The van der Waals surface area contributed by atoms with Crippen LogP contribution < -0.4 is 10.6 Å². The third-order valence-corrected chi connectivity index (χ3v) is 3.21. The highest BCUT2D eigenvalue weighted by atomic mass is 35.5. The van der Waals surface area contributed by atoms with Crippen molar-refractivity contribution in [2.24, 2.45) is 5.41 Å². The molecule has 0 aliphatic heterocycles. The van der Waals surface area contributed by atoms with Crippen molar-refractivity contribution in [1.29, 1.82) is 0 Å². The molecule has 1 aromatic rings. The Hall–Kier alpha value is -1.33. The Balaban J connectivity index is 2.16. The standard InChI is InChI=1S/C14H22ClN3O2/c1-14(2,10-19)6-3-7-16-13(20)18-9-11-4-5-12(15)17-8-11/h4-5,8,19H,3,6-7,9-10H2,1-2H3,(H2,16,18,20). The lowest BCUT2D eigenvalue weighted by molar-refractivity contribution is 0.148. The predicted molar refractivity (Wildman–Crippen MR) is 79.6 cm³/mol. The molecule has 0 aromatic carbocycles. The van der Waals surface area contributed by atoms with Crippen LogP contribution in [0, 0.1) is 5.41 Å². The molecule has 0 radical (unpaired) electrons. The van der Waals surface area contributed by atoms with Crippen LogP contribution in [-0.2, 0) is 6.54 Å². The van der Waals surface area contributed by atoms with Gasteiger partial charge in [0.25, 0.3) is 0 Å². The molecule has 1 heterocycles. The molecule has 1 rings (SSSR count). The number of carbonyl (C=O) groups is 1. The zero-order chi connectivity index (χ0) is 15.0. The Bertz CT molecular complexity index is 421. The molecule has 6 heteroatoms. The van der Waals surface area contributed by atoms with Crippen molar-refractivity contribution >= 4 is 17.6 Å². The summed E-state index contributed by atoms with van der Waals surface area (Å²) in [4.78, 5) is 15.5. The molecule has 0 aliphatic rings. The van der Waals surface area contributed by atoms with Crippen LogP contribution in [0.5, 0.6) is 0 Å². The summed E-state index contributed by atoms with van der Waals surface area (Å²) in [5.74, 6) is 0. The molecular weight excluding hydrogens is 278 g/mol. The maximum atomic E-state index is 11.6. The first-order valence-corrected chi connectivity index (χ1v) is 7.04. The Labute approximate surface area is 124 Å². The zero-order valence-electron chi connectivity index (χ0n) is 11.9. The molecule has 0 aliphatic carbocycles. The van der Waals surface area contributed by atoms with Crippen molar-refractivity contribution in [1.82, 2.24) is 15.6 Å². The van der Waals surface area contributed by atoms with Gasteiger partial charge in [0.2, 0.25) is 0 Å². The van der Waals surface area contributed by atoms with E-state index in [1.165, 1.54) is 0 Å². The third kappa shape index (κ3) is 6.73. The van der Waals surface area contributed by atoms with Gasteiger partial charge in [0.15, 0.2) is 0 Å². The molecule has 0 saturated heterocycles. The minimum absolute atomic E-state index is 0.0901. The lowest BCUT2D eigenvalue weighted by atomic mass is 9.89. The number of aliphatic hydroxyl groups excluding tert-OH is 1. The summed E-state index contributed by atoms with van der Waals surface area (Å²) in [6, 6.07) is 3.30. The smallest absolute Gasteiger partial charge is 0.315 e. The first-order valence-electron chi connectivity index (χ1n) is 6.66. The minimum Gasteiger partial charge on any atom is -0.396 e. The van der Waals surface area contributed by atoms with E-state index in [9.17, 15) is 4.79 Å². The summed E-state index contributed by atoms with van der Waals surface area (Å²) in [6.07, 6.45) is 3.33. The molecule has 0 saturated carbocycles. The highest BCUT2D eigenvalue weighted by Gasteiger charge is 2.15. The van der Waals surface area contributed by atoms with Crippen molar-refractivity contribution in [2.45, 2.75) is 33.2 Å². The predicted octanol–water partition coefficient (Wildman–Crippen LogP) is 2.33. The van der Waals surface area contributed by atoms with Gasteiger partial charge in [-0.2, -0.15) is 0 Å². The number of amides is 2. The third-order valence-electron chi connectivity index (χ3n) is 2.99. The van der Waals surface area contributed by atoms with E-state index < -0.39 is 0 Å². The monoisotopic (exact) mass is 299 g/mol. The second-order valence-electron chi connectivity index (χ2n) is 5.52. The summed E-state index contributed by atoms with van der Waals surface area (Å²) in [6.45, 7) is 5.16. The fraction of sp³-hybridized carbons (Fsp3) is 0.571. The molecule has 0 fully saturated rings. The highest BCUT2D eigenvalue weighted by molar-refractivity contribution is 6.29. The molecule has 3 N–H and O–H groups in total. The number of carbonyl (C=O) groups excluding carboxylic acids is 1. The number of halogens is 1. The maximum absolute atomic E-state index is 11.6. The molecule has 1 aromatic heterocycles. The van der Waals surface area contributed by atoms with Crippen molar-refractivity contribution in [3.8, 4) is 0 Å². The van der Waals surface area contributed by atoms with Crippen molar-refractivity contribution in [2.75, 3.05) is 13.2 Å². The average molecular weight is 300 g/mol. The Morgan fingerprint density at radius 2 is 2.15 bits per heavy atom. The number of rotatable bonds is 7. The van der Waals surface area contributed by atoms with E-state index in [4.69, 9.17) is 16.7 Å². The quantitative estimate of drug-likeness (QED) is 0.534. The van der Waals surface area contributed by atoms with Gasteiger partial charge in [0.1, 0.15) is 5.15 Å². The molecule has 0 unspecified atom stereocenters. The van der Waals surface area contributed by atoms with E-state index in [2.05, 4.69) is 15.6 Å². The number of pyridine rings is 1. The number of hydrogen-bond donors (Lipinski definition) is 3. The number of aliphatic hydroxyl groups is 1. The van der Waals surface area contributed by atoms with Gasteiger partial charge in [-0.1, -0.05) is 31.5 Å². The van der Waals surface area contributed by atoms with Crippen LogP contribution in [0.1, 0.15) is 32.3 Å². The average Bonchev–Trinajstić information content (AvgIpc) is 2.43. The number of nitrogens with zero attached hydrogens (tertiary/aromatic N) is 1. The molecule has 0 atom stereocenters. The van der Waals surface area contributed by atoms with E-state index >= 15 is 0 Å². The second-order valence-corrected chi connectivity index (χ2v) is 5.91. The van der Waals surface area contributed by atoms with Gasteiger partial charge >= 0.3 is 6.03 Å². The summed E-state index contributed by atoms with van der Waals surface area (Å²) in [7, 11) is 0. The van der Waals surface area contributed by atoms with E-state index in [0.717, 1.165) is 18.4 Å². The van der Waals surface area contributed by atoms with Gasteiger partial charge in [-0.05, 0) is 29.9 Å². The van der Waals surface area contributed by atoms with Crippen LogP contribution >= 0.6 is 11.6 Å². The molecule has 112 valence electrons. The van der Waals surface area contributed by atoms with E-state index in [1.54, 1.807) is 12.3 Å². The van der Waals surface area contributed by atoms with Crippen LogP contribution in [0.2, 0.25) is 5.15 Å². The van der Waals surface area contributed by atoms with Crippen molar-refractivity contribution < 1.29 is 9.90 Å². The Kier molecular flexibility index (Phi) is 6.75. The molecular formula is C14H22ClN3O2. The summed E-state index contributed by atoms with van der Waals surface area (Å²) >= 11 is 5.68. The molecule has 0 bridgehead atoms. The fourth-order valence-electron chi connectivity index (χ4n) is 1.60. The van der Waals surface area contributed by atoms with Gasteiger partial charge in [0, 0.05) is 25.9 Å². The van der Waals surface area contributed by atoms with Gasteiger partial charge < -0.3 is 15.7 Å². The molecule has 5 nitrogen and oxygen atoms in total. The summed E-state index contributed by atoms with van der Waals surface area (Å²) in [5.41, 5.74) is 0.804. The van der Waals surface area contributed by atoms with Gasteiger partial charge in [0.05, 0.1) is 0 Å². The topological polar surface area (TPSA) is 74.2 Å². The normalized spacial score (nSPS) is 11.2. The molecule has 2 amide bonds. The van der Waals surface area contributed by atoms with Crippen molar-refractivity contribution in [3.05, 3.63) is 29.0 Å². The van der Waals surface area contributed by atoms with Crippen LogP contribution in [0.4, 0.5) is 4.79 Å². The van der Waals surface area contributed by atoms with Crippen LogP contribution in [0.3, 0.4) is 0 Å². The lowest BCUT2D eigenvalue weighted by Gasteiger charge is -2.21. The maximum Gasteiger partial charge on any atom is 0.315 e. The second kappa shape index (κ2) is 8.07. The van der Waals surface area contributed by atoms with Gasteiger partial charge in [-0.25, -0.2) is 9.78 Å². The Morgan fingerprint density at radius 3 is 2.75 bits per heavy atom.